The van der Waals surface area contributed by atoms with Crippen LogP contribution in [0.25, 0.3) is 16.9 Å². The van der Waals surface area contributed by atoms with Gasteiger partial charge < -0.3 is 9.84 Å². The molecule has 102 valence electrons. The van der Waals surface area contributed by atoms with E-state index in [4.69, 9.17) is 4.74 Å². The van der Waals surface area contributed by atoms with Gasteiger partial charge in [0.05, 0.1) is 35.8 Å². The molecule has 2 aromatic heterocycles. The Morgan fingerprint density at radius 3 is 2.85 bits per heavy atom. The highest BCUT2D eigenvalue weighted by Crippen LogP contribution is 2.29. The van der Waals surface area contributed by atoms with E-state index in [0.717, 1.165) is 21.5 Å². The van der Waals surface area contributed by atoms with E-state index in [1.54, 1.807) is 17.8 Å². The van der Waals surface area contributed by atoms with Crippen LogP contribution in [0, 0.1) is 0 Å². The number of imidazole rings is 1. The number of aliphatic hydroxyl groups is 1. The minimum Gasteiger partial charge on any atom is -0.496 e. The molecule has 0 aliphatic carbocycles. The van der Waals surface area contributed by atoms with Crippen LogP contribution in [0.1, 0.15) is 5.69 Å². The Labute approximate surface area is 124 Å². The molecule has 5 nitrogen and oxygen atoms in total. The molecule has 1 N–H and O–H groups in total. The molecule has 0 saturated heterocycles. The summed E-state index contributed by atoms with van der Waals surface area (Å²) in [5, 5.41) is 13.8. The van der Waals surface area contributed by atoms with Crippen LogP contribution in [0.15, 0.2) is 41.0 Å². The lowest BCUT2D eigenvalue weighted by molar-refractivity contribution is 0.274. The first-order chi connectivity index (χ1) is 9.72. The van der Waals surface area contributed by atoms with Crippen molar-refractivity contribution in [2.45, 2.75) is 6.61 Å². The fraction of sp³-hybridized carbons (Fsp3) is 0.143. The van der Waals surface area contributed by atoms with Gasteiger partial charge in [-0.05, 0) is 46.3 Å². The fourth-order valence-corrected chi connectivity index (χ4v) is 2.55. The van der Waals surface area contributed by atoms with E-state index < -0.39 is 0 Å². The minimum atomic E-state index is -0.0933. The fourth-order valence-electron chi connectivity index (χ4n) is 2.01. The average molecular weight is 334 g/mol. The quantitative estimate of drug-likeness (QED) is 0.800. The number of benzene rings is 1. The topological polar surface area (TPSA) is 59.7 Å². The third-order valence-electron chi connectivity index (χ3n) is 3.04. The third kappa shape index (κ3) is 2.17. The van der Waals surface area contributed by atoms with Crippen LogP contribution in [0.5, 0.6) is 5.75 Å². The monoisotopic (exact) mass is 333 g/mol. The minimum absolute atomic E-state index is 0.0933. The predicted octanol–water partition coefficient (Wildman–Crippen LogP) is 2.66. The Bertz CT molecular complexity index is 770. The van der Waals surface area contributed by atoms with Crippen LogP contribution >= 0.6 is 15.9 Å². The van der Waals surface area contributed by atoms with E-state index in [0.29, 0.717) is 11.3 Å². The van der Waals surface area contributed by atoms with Crippen LogP contribution in [0.4, 0.5) is 0 Å². The van der Waals surface area contributed by atoms with Crippen LogP contribution in [-0.2, 0) is 6.61 Å². The van der Waals surface area contributed by atoms with Crippen molar-refractivity contribution in [2.75, 3.05) is 7.11 Å². The number of aromatic nitrogens is 3. The van der Waals surface area contributed by atoms with Crippen LogP contribution < -0.4 is 4.74 Å². The Morgan fingerprint density at radius 2 is 2.15 bits per heavy atom. The predicted molar refractivity (Wildman–Crippen MR) is 78.6 cm³/mol. The number of nitrogens with zero attached hydrogens (tertiary/aromatic N) is 3. The molecule has 0 spiro atoms. The lowest BCUT2D eigenvalue weighted by Gasteiger charge is -2.07. The van der Waals surface area contributed by atoms with Gasteiger partial charge in [-0.25, -0.2) is 9.50 Å². The smallest absolute Gasteiger partial charge is 0.153 e. The summed E-state index contributed by atoms with van der Waals surface area (Å²) >= 11 is 3.46. The molecule has 0 radical (unpaired) electrons. The van der Waals surface area contributed by atoms with Crippen LogP contribution in [0.3, 0.4) is 0 Å². The van der Waals surface area contributed by atoms with Crippen LogP contribution in [0.2, 0.25) is 0 Å². The van der Waals surface area contributed by atoms with Gasteiger partial charge in [-0.2, -0.15) is 5.10 Å². The summed E-state index contributed by atoms with van der Waals surface area (Å²) in [5.74, 6) is 0.772. The first kappa shape index (κ1) is 13.1. The van der Waals surface area contributed by atoms with Crippen molar-refractivity contribution in [3.05, 3.63) is 46.7 Å². The molecule has 0 amide bonds. The normalized spacial score (nSPS) is 10.9. The third-order valence-corrected chi connectivity index (χ3v) is 3.66. The molecule has 0 aliphatic heterocycles. The van der Waals surface area contributed by atoms with Crippen molar-refractivity contribution in [1.29, 1.82) is 0 Å². The van der Waals surface area contributed by atoms with Crippen molar-refractivity contribution >= 4 is 21.6 Å². The number of hydrogen-bond acceptors (Lipinski definition) is 4. The summed E-state index contributed by atoms with van der Waals surface area (Å²) in [6.45, 7) is -0.0933. The zero-order valence-electron chi connectivity index (χ0n) is 10.7. The Morgan fingerprint density at radius 1 is 1.30 bits per heavy atom. The lowest BCUT2D eigenvalue weighted by atomic mass is 10.1. The maximum absolute atomic E-state index is 9.27. The number of rotatable bonds is 3. The highest BCUT2D eigenvalue weighted by atomic mass is 79.9. The summed E-state index contributed by atoms with van der Waals surface area (Å²) in [5.41, 5.74) is 3.13. The van der Waals surface area contributed by atoms with Gasteiger partial charge >= 0.3 is 0 Å². The van der Waals surface area contributed by atoms with E-state index >= 15 is 0 Å². The van der Waals surface area contributed by atoms with Gasteiger partial charge in [0.25, 0.3) is 0 Å². The average Bonchev–Trinajstić information content (AvgIpc) is 2.89. The first-order valence-electron chi connectivity index (χ1n) is 6.01. The first-order valence-corrected chi connectivity index (χ1v) is 6.80. The summed E-state index contributed by atoms with van der Waals surface area (Å²) < 4.78 is 7.73. The molecule has 0 atom stereocenters. The zero-order valence-corrected chi connectivity index (χ0v) is 12.3. The molecule has 0 fully saturated rings. The maximum atomic E-state index is 9.27. The van der Waals surface area contributed by atoms with Crippen molar-refractivity contribution in [2.24, 2.45) is 0 Å². The van der Waals surface area contributed by atoms with Gasteiger partial charge in [0, 0.05) is 5.56 Å². The second-order valence-electron chi connectivity index (χ2n) is 4.25. The van der Waals surface area contributed by atoms with Gasteiger partial charge in [0.15, 0.2) is 5.65 Å². The molecule has 1 aromatic carbocycles. The van der Waals surface area contributed by atoms with Crippen molar-refractivity contribution in [3.63, 3.8) is 0 Å². The molecule has 0 aliphatic rings. The maximum Gasteiger partial charge on any atom is 0.153 e. The molecule has 3 aromatic rings. The highest BCUT2D eigenvalue weighted by molar-refractivity contribution is 9.10. The molecular formula is C14H12BrN3O2. The molecule has 0 unspecified atom stereocenters. The van der Waals surface area contributed by atoms with Gasteiger partial charge in [0.2, 0.25) is 0 Å². The van der Waals surface area contributed by atoms with Gasteiger partial charge in [0.1, 0.15) is 5.75 Å². The number of hydrogen-bond donors (Lipinski definition) is 1. The Kier molecular flexibility index (Phi) is 3.42. The van der Waals surface area contributed by atoms with Crippen molar-refractivity contribution in [1.82, 2.24) is 14.6 Å². The number of ether oxygens (including phenoxy) is 1. The molecule has 0 saturated carbocycles. The number of aliphatic hydroxyl groups excluding tert-OH is 1. The second-order valence-corrected chi connectivity index (χ2v) is 5.10. The van der Waals surface area contributed by atoms with E-state index in [-0.39, 0.29) is 6.61 Å². The molecule has 0 bridgehead atoms. The largest absolute Gasteiger partial charge is 0.496 e. The SMILES string of the molecule is COc1ccc(-c2ccc3ncc(CO)n3n2)cc1Br. The van der Waals surface area contributed by atoms with Gasteiger partial charge in [-0.3, -0.25) is 0 Å². The summed E-state index contributed by atoms with van der Waals surface area (Å²) in [6, 6.07) is 9.54. The van der Waals surface area contributed by atoms with Gasteiger partial charge in [-0.15, -0.1) is 0 Å². The second kappa shape index (κ2) is 5.22. The number of methoxy groups -OCH3 is 1. The van der Waals surface area contributed by atoms with Crippen molar-refractivity contribution < 1.29 is 9.84 Å². The van der Waals surface area contributed by atoms with Gasteiger partial charge in [-0.1, -0.05) is 0 Å². The van der Waals surface area contributed by atoms with E-state index in [1.165, 1.54) is 0 Å². The number of fused-ring (bicyclic) bond motifs is 1. The van der Waals surface area contributed by atoms with Crippen LogP contribution in [-0.4, -0.2) is 26.8 Å². The Hall–Kier alpha value is -1.92. The molecule has 2 heterocycles. The van der Waals surface area contributed by atoms with E-state index in [1.807, 2.05) is 30.3 Å². The molecule has 6 heteroatoms. The summed E-state index contributed by atoms with van der Waals surface area (Å²) in [7, 11) is 1.63. The zero-order chi connectivity index (χ0) is 14.1. The lowest BCUT2D eigenvalue weighted by Crippen LogP contribution is -1.99. The molecule has 20 heavy (non-hydrogen) atoms. The van der Waals surface area contributed by atoms with E-state index in [9.17, 15) is 5.11 Å². The van der Waals surface area contributed by atoms with E-state index in [2.05, 4.69) is 26.0 Å². The summed E-state index contributed by atoms with van der Waals surface area (Å²) in [4.78, 5) is 4.18. The standard InChI is InChI=1S/C14H12BrN3O2/c1-20-13-4-2-9(6-11(13)15)12-3-5-14-16-7-10(8-19)18(14)17-12/h2-7,19H,8H2,1H3. The van der Waals surface area contributed by atoms with Crippen molar-refractivity contribution in [3.8, 4) is 17.0 Å². The number of halogens is 1. The highest BCUT2D eigenvalue weighted by Gasteiger charge is 2.08. The summed E-state index contributed by atoms with van der Waals surface area (Å²) in [6.07, 6.45) is 1.62. The molecule has 3 rings (SSSR count). The molecular weight excluding hydrogens is 322 g/mol. The Balaban J connectivity index is 2.11.